The summed E-state index contributed by atoms with van der Waals surface area (Å²) in [6.45, 7) is 5.33. The average molecular weight is 256 g/mol. The molecule has 0 aromatic heterocycles. The maximum Gasteiger partial charge on any atom is 0.414 e. The SMILES string of the molecule is CCNC1(CC)C=CC(N)=CC1.O=C(O)C(=O)O. The predicted molar refractivity (Wildman–Crippen MR) is 68.0 cm³/mol. The van der Waals surface area contributed by atoms with Gasteiger partial charge in [0.25, 0.3) is 0 Å². The van der Waals surface area contributed by atoms with Crippen LogP contribution in [0.4, 0.5) is 0 Å². The Morgan fingerprint density at radius 2 is 1.94 bits per heavy atom. The van der Waals surface area contributed by atoms with E-state index in [0.717, 1.165) is 25.1 Å². The van der Waals surface area contributed by atoms with Crippen molar-refractivity contribution in [1.82, 2.24) is 5.32 Å². The van der Waals surface area contributed by atoms with Crippen LogP contribution >= 0.6 is 0 Å². The summed E-state index contributed by atoms with van der Waals surface area (Å²) in [5.74, 6) is -3.65. The van der Waals surface area contributed by atoms with Crippen LogP contribution in [0.3, 0.4) is 0 Å². The van der Waals surface area contributed by atoms with Gasteiger partial charge in [0.05, 0.1) is 0 Å². The van der Waals surface area contributed by atoms with Gasteiger partial charge >= 0.3 is 11.9 Å². The van der Waals surface area contributed by atoms with Gasteiger partial charge in [0.2, 0.25) is 0 Å². The van der Waals surface area contributed by atoms with E-state index < -0.39 is 11.9 Å². The van der Waals surface area contributed by atoms with Gasteiger partial charge in [-0.15, -0.1) is 0 Å². The molecule has 0 aromatic rings. The lowest BCUT2D eigenvalue weighted by Gasteiger charge is -2.31. The number of nitrogens with two attached hydrogens (primary N) is 1. The smallest absolute Gasteiger partial charge is 0.414 e. The molecule has 102 valence electrons. The molecule has 1 atom stereocenters. The van der Waals surface area contributed by atoms with Crippen molar-refractivity contribution in [3.63, 3.8) is 0 Å². The summed E-state index contributed by atoms with van der Waals surface area (Å²) in [7, 11) is 0. The maximum atomic E-state index is 9.10. The maximum absolute atomic E-state index is 9.10. The molecule has 0 saturated carbocycles. The molecule has 6 heteroatoms. The molecule has 1 unspecified atom stereocenters. The Morgan fingerprint density at radius 3 is 2.22 bits per heavy atom. The van der Waals surface area contributed by atoms with Crippen molar-refractivity contribution in [2.75, 3.05) is 6.54 Å². The van der Waals surface area contributed by atoms with Crippen LogP contribution < -0.4 is 11.1 Å². The fraction of sp³-hybridized carbons (Fsp3) is 0.500. The lowest BCUT2D eigenvalue weighted by Crippen LogP contribution is -2.43. The van der Waals surface area contributed by atoms with Gasteiger partial charge in [0.1, 0.15) is 0 Å². The molecular weight excluding hydrogens is 236 g/mol. The quantitative estimate of drug-likeness (QED) is 0.553. The summed E-state index contributed by atoms with van der Waals surface area (Å²) in [5, 5.41) is 18.3. The van der Waals surface area contributed by atoms with Crippen molar-refractivity contribution in [1.29, 1.82) is 0 Å². The Morgan fingerprint density at radius 1 is 1.39 bits per heavy atom. The molecule has 0 amide bonds. The molecule has 0 aromatic carbocycles. The minimum atomic E-state index is -1.82. The van der Waals surface area contributed by atoms with E-state index in [9.17, 15) is 0 Å². The van der Waals surface area contributed by atoms with Crippen LogP contribution in [0, 0.1) is 0 Å². The molecule has 0 fully saturated rings. The lowest BCUT2D eigenvalue weighted by molar-refractivity contribution is -0.159. The first-order valence-electron chi connectivity index (χ1n) is 5.73. The third-order valence-electron chi connectivity index (χ3n) is 2.64. The van der Waals surface area contributed by atoms with Gasteiger partial charge in [-0.3, -0.25) is 0 Å². The first-order valence-corrected chi connectivity index (χ1v) is 5.73. The van der Waals surface area contributed by atoms with E-state index in [-0.39, 0.29) is 5.54 Å². The molecular formula is C12H20N2O4. The first kappa shape index (κ1) is 16.2. The van der Waals surface area contributed by atoms with E-state index in [1.54, 1.807) is 0 Å². The molecule has 1 rings (SSSR count). The van der Waals surface area contributed by atoms with Gasteiger partial charge in [-0.2, -0.15) is 0 Å². The van der Waals surface area contributed by atoms with Crippen molar-refractivity contribution < 1.29 is 19.8 Å². The first-order chi connectivity index (χ1) is 8.37. The second-order valence-corrected chi connectivity index (χ2v) is 3.89. The number of allylic oxidation sites excluding steroid dienone is 1. The summed E-state index contributed by atoms with van der Waals surface area (Å²) >= 11 is 0. The Balaban J connectivity index is 0.000000411. The van der Waals surface area contributed by atoms with E-state index in [0.29, 0.717) is 0 Å². The monoisotopic (exact) mass is 256 g/mol. The summed E-state index contributed by atoms with van der Waals surface area (Å²) in [5.41, 5.74) is 6.70. The highest BCUT2D eigenvalue weighted by Gasteiger charge is 2.23. The molecule has 0 spiro atoms. The van der Waals surface area contributed by atoms with E-state index in [4.69, 9.17) is 25.5 Å². The molecule has 1 aliphatic carbocycles. The van der Waals surface area contributed by atoms with Gasteiger partial charge in [-0.05, 0) is 25.5 Å². The van der Waals surface area contributed by atoms with Gasteiger partial charge in [-0.25, -0.2) is 9.59 Å². The second kappa shape index (κ2) is 7.50. The van der Waals surface area contributed by atoms with Crippen molar-refractivity contribution in [3.8, 4) is 0 Å². The fourth-order valence-electron chi connectivity index (χ4n) is 1.56. The van der Waals surface area contributed by atoms with Crippen LogP contribution in [0.1, 0.15) is 26.7 Å². The Kier molecular flexibility index (Phi) is 6.74. The largest absolute Gasteiger partial charge is 0.473 e. The van der Waals surface area contributed by atoms with E-state index in [2.05, 4.69) is 31.3 Å². The number of likely N-dealkylation sites (N-methyl/N-ethyl adjacent to an activating group) is 1. The number of hydrogen-bond donors (Lipinski definition) is 4. The molecule has 6 nitrogen and oxygen atoms in total. The number of carboxylic acid groups (broad SMARTS) is 2. The van der Waals surface area contributed by atoms with E-state index in [1.165, 1.54) is 0 Å². The number of aliphatic carboxylic acids is 2. The minimum absolute atomic E-state index is 0.164. The zero-order valence-corrected chi connectivity index (χ0v) is 10.6. The number of carboxylic acids is 2. The van der Waals surface area contributed by atoms with Gasteiger partial charge in [-0.1, -0.05) is 26.0 Å². The summed E-state index contributed by atoms with van der Waals surface area (Å²) in [6.07, 6.45) is 8.40. The average Bonchev–Trinajstić information content (AvgIpc) is 2.33. The van der Waals surface area contributed by atoms with Crippen LogP contribution in [-0.4, -0.2) is 34.2 Å². The molecule has 0 bridgehead atoms. The molecule has 0 radical (unpaired) electrons. The Labute approximate surface area is 106 Å². The van der Waals surface area contributed by atoms with Crippen LogP contribution in [0.2, 0.25) is 0 Å². The lowest BCUT2D eigenvalue weighted by atomic mass is 9.88. The fourth-order valence-corrected chi connectivity index (χ4v) is 1.56. The standard InChI is InChI=1S/C10H18N2.C2H2O4/c1-3-10(12-4-2)7-5-9(11)6-8-10;3-1(4)2(5)6/h5-7,12H,3-4,8,11H2,1-2H3;(H,3,4)(H,5,6). The van der Waals surface area contributed by atoms with Gasteiger partial charge in [0, 0.05) is 11.2 Å². The van der Waals surface area contributed by atoms with Crippen molar-refractivity contribution in [3.05, 3.63) is 23.9 Å². The summed E-state index contributed by atoms with van der Waals surface area (Å²) in [6, 6.07) is 0. The van der Waals surface area contributed by atoms with E-state index in [1.807, 2.05) is 6.08 Å². The van der Waals surface area contributed by atoms with Crippen LogP contribution in [-0.2, 0) is 9.59 Å². The van der Waals surface area contributed by atoms with Crippen LogP contribution in [0.15, 0.2) is 23.9 Å². The topological polar surface area (TPSA) is 113 Å². The van der Waals surface area contributed by atoms with Gasteiger partial charge < -0.3 is 21.3 Å². The van der Waals surface area contributed by atoms with Crippen LogP contribution in [0.25, 0.3) is 0 Å². The minimum Gasteiger partial charge on any atom is -0.473 e. The van der Waals surface area contributed by atoms with Crippen molar-refractivity contribution in [2.24, 2.45) is 5.73 Å². The summed E-state index contributed by atoms with van der Waals surface area (Å²) < 4.78 is 0. The number of nitrogens with one attached hydrogen (secondary N) is 1. The third-order valence-corrected chi connectivity index (χ3v) is 2.64. The highest BCUT2D eigenvalue weighted by Crippen LogP contribution is 2.22. The molecule has 18 heavy (non-hydrogen) atoms. The second-order valence-electron chi connectivity index (χ2n) is 3.89. The molecule has 1 aliphatic rings. The zero-order chi connectivity index (χ0) is 14.2. The molecule has 5 N–H and O–H groups in total. The van der Waals surface area contributed by atoms with Crippen molar-refractivity contribution in [2.45, 2.75) is 32.2 Å². The molecule has 0 heterocycles. The van der Waals surface area contributed by atoms with Crippen LogP contribution in [0.5, 0.6) is 0 Å². The van der Waals surface area contributed by atoms with Crippen molar-refractivity contribution >= 4 is 11.9 Å². The highest BCUT2D eigenvalue weighted by molar-refractivity contribution is 6.27. The summed E-state index contributed by atoms with van der Waals surface area (Å²) in [4.78, 5) is 18.2. The number of carbonyl (C=O) groups is 2. The highest BCUT2D eigenvalue weighted by atomic mass is 16.4. The normalized spacial score (nSPS) is 21.6. The zero-order valence-electron chi connectivity index (χ0n) is 10.6. The Hall–Kier alpha value is -1.82. The number of rotatable bonds is 3. The predicted octanol–water partition coefficient (Wildman–Crippen LogP) is 0.703. The van der Waals surface area contributed by atoms with E-state index >= 15 is 0 Å². The van der Waals surface area contributed by atoms with Gasteiger partial charge in [0.15, 0.2) is 0 Å². The Bertz CT molecular complexity index is 351. The number of hydrogen-bond acceptors (Lipinski definition) is 4. The molecule has 0 aliphatic heterocycles. The third kappa shape index (κ3) is 5.49. The molecule has 0 saturated heterocycles.